The SMILES string of the molecule is O=C(CC1CCCCCC1)c1ccc2c(c1)CCCO2. The number of fused-ring (bicyclic) bond motifs is 1. The maximum Gasteiger partial charge on any atom is 0.163 e. The third-order valence-electron chi connectivity index (χ3n) is 4.68. The van der Waals surface area contributed by atoms with Crippen LogP contribution in [0.15, 0.2) is 18.2 Å². The zero-order valence-electron chi connectivity index (χ0n) is 12.2. The van der Waals surface area contributed by atoms with Gasteiger partial charge in [0.05, 0.1) is 6.61 Å². The summed E-state index contributed by atoms with van der Waals surface area (Å²) in [5.74, 6) is 1.91. The molecule has 1 aromatic carbocycles. The third kappa shape index (κ3) is 3.23. The lowest BCUT2D eigenvalue weighted by atomic mass is 9.91. The standard InChI is InChI=1S/C18H24O2/c19-17(12-14-6-3-1-2-4-7-14)15-9-10-18-16(13-15)8-5-11-20-18/h9-10,13-14H,1-8,11-12H2. The van der Waals surface area contributed by atoms with E-state index in [0.717, 1.165) is 37.2 Å². The molecule has 2 heteroatoms. The van der Waals surface area contributed by atoms with Crippen molar-refractivity contribution in [3.8, 4) is 5.75 Å². The molecule has 0 radical (unpaired) electrons. The van der Waals surface area contributed by atoms with E-state index >= 15 is 0 Å². The van der Waals surface area contributed by atoms with Crippen LogP contribution in [0.5, 0.6) is 5.75 Å². The molecule has 0 atom stereocenters. The van der Waals surface area contributed by atoms with E-state index in [9.17, 15) is 4.79 Å². The maximum absolute atomic E-state index is 12.5. The molecule has 1 saturated carbocycles. The van der Waals surface area contributed by atoms with Crippen molar-refractivity contribution >= 4 is 5.78 Å². The van der Waals surface area contributed by atoms with Gasteiger partial charge >= 0.3 is 0 Å². The summed E-state index contributed by atoms with van der Waals surface area (Å²) in [6.45, 7) is 0.808. The molecule has 108 valence electrons. The predicted octanol–water partition coefficient (Wildman–Crippen LogP) is 4.55. The highest BCUT2D eigenvalue weighted by atomic mass is 16.5. The Kier molecular flexibility index (Phi) is 4.39. The minimum atomic E-state index is 0.324. The molecule has 2 nitrogen and oxygen atoms in total. The highest BCUT2D eigenvalue weighted by Gasteiger charge is 2.19. The van der Waals surface area contributed by atoms with Gasteiger partial charge in [-0.05, 0) is 42.5 Å². The van der Waals surface area contributed by atoms with Gasteiger partial charge in [-0.2, -0.15) is 0 Å². The molecule has 0 spiro atoms. The Morgan fingerprint density at radius 3 is 2.70 bits per heavy atom. The summed E-state index contributed by atoms with van der Waals surface area (Å²) >= 11 is 0. The largest absolute Gasteiger partial charge is 0.493 e. The quantitative estimate of drug-likeness (QED) is 0.596. The Hall–Kier alpha value is -1.31. The molecule has 0 saturated heterocycles. The van der Waals surface area contributed by atoms with Crippen LogP contribution in [0.3, 0.4) is 0 Å². The van der Waals surface area contributed by atoms with E-state index in [1.807, 2.05) is 12.1 Å². The van der Waals surface area contributed by atoms with Crippen LogP contribution >= 0.6 is 0 Å². The van der Waals surface area contributed by atoms with Crippen molar-refractivity contribution in [2.45, 2.75) is 57.8 Å². The van der Waals surface area contributed by atoms with Crippen molar-refractivity contribution in [1.29, 1.82) is 0 Å². The Balaban J connectivity index is 1.67. The van der Waals surface area contributed by atoms with Crippen LogP contribution in [0.2, 0.25) is 0 Å². The van der Waals surface area contributed by atoms with E-state index in [-0.39, 0.29) is 0 Å². The second kappa shape index (κ2) is 6.43. The lowest BCUT2D eigenvalue weighted by Gasteiger charge is -2.18. The second-order valence-corrected chi connectivity index (χ2v) is 6.26. The number of Topliss-reactive ketones (excluding diaryl/α,β-unsaturated/α-hetero) is 1. The summed E-state index contributed by atoms with van der Waals surface area (Å²) in [6, 6.07) is 5.99. The third-order valence-corrected chi connectivity index (χ3v) is 4.68. The van der Waals surface area contributed by atoms with E-state index in [2.05, 4.69) is 6.07 Å². The Bertz CT molecular complexity index is 470. The number of hydrogen-bond donors (Lipinski definition) is 0. The molecule has 1 aliphatic heterocycles. The van der Waals surface area contributed by atoms with Gasteiger partial charge in [0.2, 0.25) is 0 Å². The number of ether oxygens (including phenoxy) is 1. The Morgan fingerprint density at radius 2 is 1.90 bits per heavy atom. The summed E-state index contributed by atoms with van der Waals surface area (Å²) in [5.41, 5.74) is 2.10. The van der Waals surface area contributed by atoms with Crippen molar-refractivity contribution < 1.29 is 9.53 Å². The van der Waals surface area contributed by atoms with E-state index < -0.39 is 0 Å². The topological polar surface area (TPSA) is 26.3 Å². The first-order chi connectivity index (χ1) is 9.83. The molecule has 0 bridgehead atoms. The molecule has 20 heavy (non-hydrogen) atoms. The van der Waals surface area contributed by atoms with Crippen molar-refractivity contribution in [2.24, 2.45) is 5.92 Å². The van der Waals surface area contributed by atoms with Crippen LogP contribution in [0.4, 0.5) is 0 Å². The first-order valence-corrected chi connectivity index (χ1v) is 8.12. The number of aryl methyl sites for hydroxylation is 1. The Morgan fingerprint density at radius 1 is 1.10 bits per heavy atom. The predicted molar refractivity (Wildman–Crippen MR) is 80.4 cm³/mol. The van der Waals surface area contributed by atoms with E-state index in [4.69, 9.17) is 4.74 Å². The number of benzene rings is 1. The molecule has 1 aliphatic carbocycles. The molecular weight excluding hydrogens is 248 g/mol. The Labute approximate surface area is 121 Å². The average Bonchev–Trinajstić information content (AvgIpc) is 2.75. The highest BCUT2D eigenvalue weighted by molar-refractivity contribution is 5.96. The van der Waals surface area contributed by atoms with Crippen LogP contribution < -0.4 is 4.74 Å². The van der Waals surface area contributed by atoms with E-state index in [0.29, 0.717) is 11.7 Å². The van der Waals surface area contributed by atoms with Crippen molar-refractivity contribution in [1.82, 2.24) is 0 Å². The normalized spacial score (nSPS) is 19.8. The number of rotatable bonds is 3. The molecular formula is C18H24O2. The van der Waals surface area contributed by atoms with Gasteiger partial charge in [-0.25, -0.2) is 0 Å². The second-order valence-electron chi connectivity index (χ2n) is 6.26. The first-order valence-electron chi connectivity index (χ1n) is 8.12. The van der Waals surface area contributed by atoms with E-state index in [1.54, 1.807) is 0 Å². The zero-order chi connectivity index (χ0) is 13.8. The molecule has 3 rings (SSSR count). The lowest BCUT2D eigenvalue weighted by molar-refractivity contribution is 0.0957. The van der Waals surface area contributed by atoms with Crippen molar-refractivity contribution in [3.05, 3.63) is 29.3 Å². The highest BCUT2D eigenvalue weighted by Crippen LogP contribution is 2.29. The number of carbonyl (C=O) groups is 1. The molecule has 0 amide bonds. The fourth-order valence-electron chi connectivity index (χ4n) is 3.48. The average molecular weight is 272 g/mol. The minimum absolute atomic E-state index is 0.324. The van der Waals surface area contributed by atoms with Gasteiger partial charge in [-0.1, -0.05) is 38.5 Å². The van der Waals surface area contributed by atoms with Crippen molar-refractivity contribution in [3.63, 3.8) is 0 Å². The number of ketones is 1. The summed E-state index contributed by atoms with van der Waals surface area (Å²) in [6.07, 6.45) is 10.6. The van der Waals surface area contributed by atoms with Crippen LogP contribution in [0.25, 0.3) is 0 Å². The number of carbonyl (C=O) groups excluding carboxylic acids is 1. The van der Waals surface area contributed by atoms with Crippen molar-refractivity contribution in [2.75, 3.05) is 6.61 Å². The molecule has 0 unspecified atom stereocenters. The van der Waals surface area contributed by atoms with Crippen LogP contribution in [-0.2, 0) is 6.42 Å². The van der Waals surface area contributed by atoms with Gasteiger partial charge in [0.15, 0.2) is 5.78 Å². The van der Waals surface area contributed by atoms with Gasteiger partial charge in [-0.3, -0.25) is 4.79 Å². The van der Waals surface area contributed by atoms with Gasteiger partial charge in [0.25, 0.3) is 0 Å². The first kappa shape index (κ1) is 13.7. The van der Waals surface area contributed by atoms with Gasteiger partial charge in [0, 0.05) is 12.0 Å². The summed E-state index contributed by atoms with van der Waals surface area (Å²) in [5, 5.41) is 0. The number of hydrogen-bond acceptors (Lipinski definition) is 2. The fourth-order valence-corrected chi connectivity index (χ4v) is 3.48. The molecule has 0 N–H and O–H groups in total. The zero-order valence-corrected chi connectivity index (χ0v) is 12.2. The van der Waals surface area contributed by atoms with Gasteiger partial charge in [0.1, 0.15) is 5.75 Å². The minimum Gasteiger partial charge on any atom is -0.493 e. The summed E-state index contributed by atoms with van der Waals surface area (Å²) in [7, 11) is 0. The van der Waals surface area contributed by atoms with Crippen LogP contribution in [0.1, 0.15) is 67.3 Å². The smallest absolute Gasteiger partial charge is 0.163 e. The van der Waals surface area contributed by atoms with Gasteiger partial charge in [-0.15, -0.1) is 0 Å². The molecule has 1 heterocycles. The van der Waals surface area contributed by atoms with E-state index in [1.165, 1.54) is 44.1 Å². The molecule has 0 aromatic heterocycles. The molecule has 2 aliphatic rings. The molecule has 1 aromatic rings. The molecule has 1 fully saturated rings. The summed E-state index contributed by atoms with van der Waals surface area (Å²) in [4.78, 5) is 12.5. The fraction of sp³-hybridized carbons (Fsp3) is 0.611. The lowest BCUT2D eigenvalue weighted by Crippen LogP contribution is -2.12. The van der Waals surface area contributed by atoms with Crippen LogP contribution in [0, 0.1) is 5.92 Å². The maximum atomic E-state index is 12.5. The van der Waals surface area contributed by atoms with Crippen LogP contribution in [-0.4, -0.2) is 12.4 Å². The van der Waals surface area contributed by atoms with Gasteiger partial charge < -0.3 is 4.74 Å². The summed E-state index contributed by atoms with van der Waals surface area (Å²) < 4.78 is 5.61. The monoisotopic (exact) mass is 272 g/mol.